The summed E-state index contributed by atoms with van der Waals surface area (Å²) in [5.74, 6) is -1.08. The van der Waals surface area contributed by atoms with Crippen molar-refractivity contribution in [3.05, 3.63) is 34.3 Å². The minimum absolute atomic E-state index is 0.270. The van der Waals surface area contributed by atoms with Crippen LogP contribution in [0.1, 0.15) is 38.8 Å². The Bertz CT molecular complexity index is 579. The van der Waals surface area contributed by atoms with Gasteiger partial charge in [0.2, 0.25) is 0 Å². The largest absolute Gasteiger partial charge is 0.469 e. The first-order chi connectivity index (χ1) is 10.7. The number of rotatable bonds is 3. The van der Waals surface area contributed by atoms with Gasteiger partial charge in [0.25, 0.3) is 0 Å². The molecule has 1 fully saturated rings. The molecule has 0 saturated carbocycles. The van der Waals surface area contributed by atoms with Crippen LogP contribution in [0.5, 0.6) is 0 Å². The quantitative estimate of drug-likeness (QED) is 0.812. The molecule has 3 atom stereocenters. The number of esters is 2. The lowest BCUT2D eigenvalue weighted by Gasteiger charge is -2.22. The first kappa shape index (κ1) is 17.9. The van der Waals surface area contributed by atoms with Gasteiger partial charge < -0.3 is 9.47 Å². The van der Waals surface area contributed by atoms with Crippen molar-refractivity contribution in [2.45, 2.75) is 44.9 Å². The van der Waals surface area contributed by atoms with E-state index < -0.39 is 17.6 Å². The average molecular weight is 384 g/mol. The van der Waals surface area contributed by atoms with Gasteiger partial charge in [-0.2, -0.15) is 0 Å². The molecule has 1 N–H and O–H groups in total. The lowest BCUT2D eigenvalue weighted by atomic mass is 9.93. The van der Waals surface area contributed by atoms with Crippen molar-refractivity contribution in [2.24, 2.45) is 5.92 Å². The third-order valence-electron chi connectivity index (χ3n) is 3.70. The standard InChI is InChI=1S/C17H22BrNO4/c1-17(2,3)23-16(21)13-9-12(15(20)22-4)14(19-13)10-5-7-11(18)8-6-10/h5-8,12-14,19H,9H2,1-4H3. The van der Waals surface area contributed by atoms with Crippen molar-refractivity contribution >= 4 is 27.9 Å². The smallest absolute Gasteiger partial charge is 0.323 e. The number of carbonyl (C=O) groups is 2. The first-order valence-electron chi connectivity index (χ1n) is 7.53. The maximum Gasteiger partial charge on any atom is 0.323 e. The molecule has 0 radical (unpaired) electrons. The molecule has 1 aromatic carbocycles. The van der Waals surface area contributed by atoms with Crippen molar-refractivity contribution in [3.8, 4) is 0 Å². The van der Waals surface area contributed by atoms with E-state index in [1.807, 2.05) is 45.0 Å². The molecule has 0 bridgehead atoms. The third kappa shape index (κ3) is 4.54. The van der Waals surface area contributed by atoms with E-state index in [1.54, 1.807) is 0 Å². The van der Waals surface area contributed by atoms with Crippen molar-refractivity contribution in [1.82, 2.24) is 5.32 Å². The van der Waals surface area contributed by atoms with E-state index in [0.29, 0.717) is 6.42 Å². The van der Waals surface area contributed by atoms with Crippen LogP contribution in [0, 0.1) is 5.92 Å². The Morgan fingerprint density at radius 1 is 1.17 bits per heavy atom. The number of hydrogen-bond acceptors (Lipinski definition) is 5. The molecule has 6 heteroatoms. The number of halogens is 1. The zero-order valence-corrected chi connectivity index (χ0v) is 15.3. The zero-order valence-electron chi connectivity index (χ0n) is 13.8. The summed E-state index contributed by atoms with van der Waals surface area (Å²) in [6.07, 6.45) is 0.363. The number of carbonyl (C=O) groups excluding carboxylic acids is 2. The van der Waals surface area contributed by atoms with Crippen molar-refractivity contribution < 1.29 is 19.1 Å². The van der Waals surface area contributed by atoms with Crippen LogP contribution in [-0.2, 0) is 19.1 Å². The summed E-state index contributed by atoms with van der Waals surface area (Å²) in [4.78, 5) is 24.4. The fourth-order valence-electron chi connectivity index (χ4n) is 2.71. The molecule has 3 unspecified atom stereocenters. The summed E-state index contributed by atoms with van der Waals surface area (Å²) < 4.78 is 11.3. The molecular weight excluding hydrogens is 362 g/mol. The van der Waals surface area contributed by atoms with Gasteiger partial charge in [-0.3, -0.25) is 14.9 Å². The maximum absolute atomic E-state index is 12.3. The minimum Gasteiger partial charge on any atom is -0.469 e. The number of benzene rings is 1. The third-order valence-corrected chi connectivity index (χ3v) is 4.23. The second-order valence-corrected chi connectivity index (χ2v) is 7.56. The second kappa shape index (κ2) is 7.01. The van der Waals surface area contributed by atoms with E-state index >= 15 is 0 Å². The van der Waals surface area contributed by atoms with Gasteiger partial charge in [0.15, 0.2) is 0 Å². The number of nitrogens with one attached hydrogen (secondary N) is 1. The molecule has 0 aliphatic carbocycles. The van der Waals surface area contributed by atoms with E-state index in [0.717, 1.165) is 10.0 Å². The van der Waals surface area contributed by atoms with Gasteiger partial charge in [-0.1, -0.05) is 28.1 Å². The minimum atomic E-state index is -0.560. The summed E-state index contributed by atoms with van der Waals surface area (Å²) >= 11 is 3.39. The van der Waals surface area contributed by atoms with Crippen LogP contribution in [0.3, 0.4) is 0 Å². The van der Waals surface area contributed by atoms with Crippen LogP contribution >= 0.6 is 15.9 Å². The van der Waals surface area contributed by atoms with Crippen LogP contribution in [0.4, 0.5) is 0 Å². The van der Waals surface area contributed by atoms with Crippen molar-refractivity contribution in [1.29, 1.82) is 0 Å². The monoisotopic (exact) mass is 383 g/mol. The van der Waals surface area contributed by atoms with Crippen LogP contribution in [0.2, 0.25) is 0 Å². The SMILES string of the molecule is COC(=O)C1CC(C(=O)OC(C)(C)C)NC1c1ccc(Br)cc1. The molecule has 5 nitrogen and oxygen atoms in total. The Balaban J connectivity index is 2.20. The highest BCUT2D eigenvalue weighted by atomic mass is 79.9. The predicted octanol–water partition coefficient (Wildman–Crippen LogP) is 2.98. The summed E-state index contributed by atoms with van der Waals surface area (Å²) in [7, 11) is 1.36. The Morgan fingerprint density at radius 2 is 1.78 bits per heavy atom. The van der Waals surface area contributed by atoms with Gasteiger partial charge in [0, 0.05) is 10.5 Å². The number of ether oxygens (including phenoxy) is 2. The molecule has 0 aromatic heterocycles. The molecule has 1 saturated heterocycles. The van der Waals surface area contributed by atoms with Crippen LogP contribution in [0.25, 0.3) is 0 Å². The molecule has 1 aromatic rings. The highest BCUT2D eigenvalue weighted by Gasteiger charge is 2.43. The second-order valence-electron chi connectivity index (χ2n) is 6.65. The lowest BCUT2D eigenvalue weighted by molar-refractivity contribution is -0.157. The van der Waals surface area contributed by atoms with Crippen LogP contribution in [0.15, 0.2) is 28.7 Å². The molecule has 1 aliphatic heterocycles. The Kier molecular flexibility index (Phi) is 5.47. The van der Waals surface area contributed by atoms with E-state index in [1.165, 1.54) is 7.11 Å². The molecule has 2 rings (SSSR count). The van der Waals surface area contributed by atoms with E-state index in [4.69, 9.17) is 9.47 Å². The van der Waals surface area contributed by atoms with Crippen LogP contribution in [-0.4, -0.2) is 30.7 Å². The van der Waals surface area contributed by atoms with Crippen LogP contribution < -0.4 is 5.32 Å². The predicted molar refractivity (Wildman–Crippen MR) is 89.8 cm³/mol. The van der Waals surface area contributed by atoms with Crippen molar-refractivity contribution in [3.63, 3.8) is 0 Å². The zero-order chi connectivity index (χ0) is 17.2. The fourth-order valence-corrected chi connectivity index (χ4v) is 2.97. The average Bonchev–Trinajstić information content (AvgIpc) is 2.91. The Morgan fingerprint density at radius 3 is 2.30 bits per heavy atom. The first-order valence-corrected chi connectivity index (χ1v) is 8.33. The molecule has 0 amide bonds. The normalized spacial score (nSPS) is 24.3. The van der Waals surface area contributed by atoms with Gasteiger partial charge in [-0.25, -0.2) is 0 Å². The summed E-state index contributed by atoms with van der Waals surface area (Å²) in [5, 5.41) is 3.22. The summed E-state index contributed by atoms with van der Waals surface area (Å²) in [6.45, 7) is 5.47. The molecule has 0 spiro atoms. The molecular formula is C17H22BrNO4. The Labute approximate surface area is 144 Å². The van der Waals surface area contributed by atoms with Gasteiger partial charge in [0.1, 0.15) is 11.6 Å². The molecule has 1 aliphatic rings. The number of methoxy groups -OCH3 is 1. The highest BCUT2D eigenvalue weighted by molar-refractivity contribution is 9.10. The summed E-state index contributed by atoms with van der Waals surface area (Å²) in [6, 6.07) is 6.88. The highest BCUT2D eigenvalue weighted by Crippen LogP contribution is 2.35. The number of hydrogen-bond donors (Lipinski definition) is 1. The Hall–Kier alpha value is -1.40. The van der Waals surface area contributed by atoms with E-state index in [-0.39, 0.29) is 18.0 Å². The lowest BCUT2D eigenvalue weighted by Crippen LogP contribution is -2.38. The van der Waals surface area contributed by atoms with Gasteiger partial charge in [0.05, 0.1) is 13.0 Å². The van der Waals surface area contributed by atoms with E-state index in [2.05, 4.69) is 21.2 Å². The summed E-state index contributed by atoms with van der Waals surface area (Å²) in [5.41, 5.74) is 0.379. The fraction of sp³-hybridized carbons (Fsp3) is 0.529. The van der Waals surface area contributed by atoms with E-state index in [9.17, 15) is 9.59 Å². The molecule has 23 heavy (non-hydrogen) atoms. The maximum atomic E-state index is 12.3. The van der Waals surface area contributed by atoms with Gasteiger partial charge >= 0.3 is 11.9 Å². The topological polar surface area (TPSA) is 64.6 Å². The molecule has 126 valence electrons. The molecule has 1 heterocycles. The van der Waals surface area contributed by atoms with Gasteiger partial charge in [-0.05, 0) is 44.9 Å². The van der Waals surface area contributed by atoms with Gasteiger partial charge in [-0.15, -0.1) is 0 Å². The van der Waals surface area contributed by atoms with Crippen molar-refractivity contribution in [2.75, 3.05) is 7.11 Å².